The average molecular weight is 168 g/mol. The topological polar surface area (TPSA) is 15.3 Å². The van der Waals surface area contributed by atoms with Gasteiger partial charge in [-0.25, -0.2) is 0 Å². The molecule has 2 rings (SSSR count). The summed E-state index contributed by atoms with van der Waals surface area (Å²) in [6, 6.07) is 1.69. The van der Waals surface area contributed by atoms with Crippen LogP contribution in [0, 0.1) is 0 Å². The number of nitrogens with one attached hydrogen (secondary N) is 1. The molecule has 2 heteroatoms. The molecule has 0 saturated carbocycles. The number of nitrogens with zero attached hydrogens (tertiary/aromatic N) is 1. The van der Waals surface area contributed by atoms with E-state index >= 15 is 0 Å². The van der Waals surface area contributed by atoms with Crippen molar-refractivity contribution in [2.24, 2.45) is 0 Å². The van der Waals surface area contributed by atoms with Crippen molar-refractivity contribution < 1.29 is 0 Å². The van der Waals surface area contributed by atoms with E-state index in [1.54, 1.807) is 0 Å². The van der Waals surface area contributed by atoms with Crippen LogP contribution >= 0.6 is 0 Å². The third-order valence-corrected chi connectivity index (χ3v) is 3.33. The van der Waals surface area contributed by atoms with Gasteiger partial charge in [-0.3, -0.25) is 4.90 Å². The Hall–Kier alpha value is -0.0800. The first kappa shape index (κ1) is 8.52. The maximum atomic E-state index is 3.36. The molecule has 0 amide bonds. The van der Waals surface area contributed by atoms with Gasteiger partial charge in [0, 0.05) is 25.2 Å². The molecule has 1 unspecified atom stereocenters. The maximum Gasteiger partial charge on any atom is 0.0348 e. The van der Waals surface area contributed by atoms with Crippen molar-refractivity contribution in [1.82, 2.24) is 10.2 Å². The van der Waals surface area contributed by atoms with Crippen LogP contribution in [0.5, 0.6) is 0 Å². The third-order valence-electron chi connectivity index (χ3n) is 3.33. The van der Waals surface area contributed by atoms with Crippen LogP contribution in [0.1, 0.15) is 32.6 Å². The Balaban J connectivity index is 1.90. The van der Waals surface area contributed by atoms with Crippen LogP contribution in [-0.4, -0.2) is 36.6 Å². The summed E-state index contributed by atoms with van der Waals surface area (Å²) in [5, 5.41) is 3.36. The Morgan fingerprint density at radius 3 is 2.67 bits per heavy atom. The number of hydrogen-bond acceptors (Lipinski definition) is 2. The summed E-state index contributed by atoms with van der Waals surface area (Å²) >= 11 is 0. The van der Waals surface area contributed by atoms with Crippen LogP contribution in [0.15, 0.2) is 0 Å². The Morgan fingerprint density at radius 2 is 2.00 bits per heavy atom. The average Bonchev–Trinajstić information content (AvgIpc) is 2.13. The van der Waals surface area contributed by atoms with Crippen LogP contribution < -0.4 is 5.32 Å². The van der Waals surface area contributed by atoms with Crippen LogP contribution in [0.3, 0.4) is 0 Å². The molecular formula is C10H20N2. The summed E-state index contributed by atoms with van der Waals surface area (Å²) < 4.78 is 0. The fraction of sp³-hybridized carbons (Fsp3) is 1.00. The second-order valence-corrected chi connectivity index (χ2v) is 4.25. The van der Waals surface area contributed by atoms with Gasteiger partial charge < -0.3 is 5.32 Å². The van der Waals surface area contributed by atoms with E-state index in [0.717, 1.165) is 12.1 Å². The van der Waals surface area contributed by atoms with E-state index in [9.17, 15) is 0 Å². The SMILES string of the molecule is CC1CCCCCN1C1CNC1. The predicted octanol–water partition coefficient (Wildman–Crippen LogP) is 1.22. The Labute approximate surface area is 75.3 Å². The summed E-state index contributed by atoms with van der Waals surface area (Å²) in [6.45, 7) is 6.19. The molecule has 2 aliphatic heterocycles. The van der Waals surface area contributed by atoms with E-state index < -0.39 is 0 Å². The number of likely N-dealkylation sites (tertiary alicyclic amines) is 1. The fourth-order valence-corrected chi connectivity index (χ4v) is 2.35. The van der Waals surface area contributed by atoms with E-state index in [-0.39, 0.29) is 0 Å². The first-order chi connectivity index (χ1) is 5.88. The van der Waals surface area contributed by atoms with Gasteiger partial charge in [0.2, 0.25) is 0 Å². The molecule has 0 aromatic rings. The zero-order chi connectivity index (χ0) is 8.39. The van der Waals surface area contributed by atoms with Gasteiger partial charge in [-0.15, -0.1) is 0 Å². The smallest absolute Gasteiger partial charge is 0.0348 e. The van der Waals surface area contributed by atoms with E-state index in [0.29, 0.717) is 0 Å². The Bertz CT molecular complexity index is 143. The molecule has 0 spiro atoms. The highest BCUT2D eigenvalue weighted by Crippen LogP contribution is 2.20. The van der Waals surface area contributed by atoms with Crippen molar-refractivity contribution >= 4 is 0 Å². The highest BCUT2D eigenvalue weighted by molar-refractivity contribution is 4.88. The van der Waals surface area contributed by atoms with Crippen molar-refractivity contribution in [2.45, 2.75) is 44.7 Å². The molecule has 1 atom stereocenters. The standard InChI is InChI=1S/C10H20N2/c1-9-5-3-2-4-6-12(9)10-7-11-8-10/h9-11H,2-8H2,1H3. The van der Waals surface area contributed by atoms with Crippen LogP contribution in [0.4, 0.5) is 0 Å². The molecule has 1 N–H and O–H groups in total. The highest BCUT2D eigenvalue weighted by atomic mass is 15.2. The Morgan fingerprint density at radius 1 is 1.17 bits per heavy atom. The van der Waals surface area contributed by atoms with Gasteiger partial charge in [0.15, 0.2) is 0 Å². The van der Waals surface area contributed by atoms with Gasteiger partial charge in [0.25, 0.3) is 0 Å². The van der Waals surface area contributed by atoms with E-state index in [2.05, 4.69) is 17.1 Å². The lowest BCUT2D eigenvalue weighted by Gasteiger charge is -2.41. The van der Waals surface area contributed by atoms with Crippen molar-refractivity contribution in [3.05, 3.63) is 0 Å². The molecule has 2 heterocycles. The molecule has 0 radical (unpaired) electrons. The maximum absolute atomic E-state index is 3.36. The largest absolute Gasteiger partial charge is 0.314 e. The normalized spacial score (nSPS) is 34.2. The number of hydrogen-bond donors (Lipinski definition) is 1. The summed E-state index contributed by atoms with van der Waals surface area (Å²) in [6.07, 6.45) is 5.72. The summed E-state index contributed by atoms with van der Waals surface area (Å²) in [4.78, 5) is 2.71. The molecule has 0 aliphatic carbocycles. The monoisotopic (exact) mass is 168 g/mol. The minimum absolute atomic E-state index is 0.833. The fourth-order valence-electron chi connectivity index (χ4n) is 2.35. The molecule has 70 valence electrons. The lowest BCUT2D eigenvalue weighted by atomic mass is 10.1. The third kappa shape index (κ3) is 1.64. The van der Waals surface area contributed by atoms with E-state index in [4.69, 9.17) is 0 Å². The minimum Gasteiger partial charge on any atom is -0.314 e. The van der Waals surface area contributed by atoms with E-state index in [1.165, 1.54) is 45.3 Å². The molecule has 2 fully saturated rings. The van der Waals surface area contributed by atoms with Gasteiger partial charge in [-0.05, 0) is 26.3 Å². The van der Waals surface area contributed by atoms with Gasteiger partial charge in [-0.1, -0.05) is 12.8 Å². The lowest BCUT2D eigenvalue weighted by molar-refractivity contribution is 0.106. The van der Waals surface area contributed by atoms with Crippen LogP contribution in [0.25, 0.3) is 0 Å². The summed E-state index contributed by atoms with van der Waals surface area (Å²) in [7, 11) is 0. The molecular weight excluding hydrogens is 148 g/mol. The van der Waals surface area contributed by atoms with Crippen molar-refractivity contribution in [1.29, 1.82) is 0 Å². The number of rotatable bonds is 1. The Kier molecular flexibility index (Phi) is 2.66. The van der Waals surface area contributed by atoms with Crippen molar-refractivity contribution in [3.63, 3.8) is 0 Å². The predicted molar refractivity (Wildman–Crippen MR) is 51.3 cm³/mol. The van der Waals surface area contributed by atoms with Gasteiger partial charge >= 0.3 is 0 Å². The first-order valence-electron chi connectivity index (χ1n) is 5.34. The second kappa shape index (κ2) is 3.75. The summed E-state index contributed by atoms with van der Waals surface area (Å²) in [5.74, 6) is 0. The van der Waals surface area contributed by atoms with Crippen LogP contribution in [0.2, 0.25) is 0 Å². The highest BCUT2D eigenvalue weighted by Gasteiger charge is 2.28. The van der Waals surface area contributed by atoms with Crippen molar-refractivity contribution in [2.75, 3.05) is 19.6 Å². The molecule has 2 nitrogen and oxygen atoms in total. The molecule has 0 aromatic carbocycles. The zero-order valence-corrected chi connectivity index (χ0v) is 8.05. The molecule has 12 heavy (non-hydrogen) atoms. The lowest BCUT2D eigenvalue weighted by Crippen LogP contribution is -2.59. The zero-order valence-electron chi connectivity index (χ0n) is 8.05. The second-order valence-electron chi connectivity index (χ2n) is 4.25. The molecule has 0 aromatic heterocycles. The van der Waals surface area contributed by atoms with Crippen molar-refractivity contribution in [3.8, 4) is 0 Å². The summed E-state index contributed by atoms with van der Waals surface area (Å²) in [5.41, 5.74) is 0. The quantitative estimate of drug-likeness (QED) is 0.633. The van der Waals surface area contributed by atoms with Gasteiger partial charge in [-0.2, -0.15) is 0 Å². The van der Waals surface area contributed by atoms with Gasteiger partial charge in [0.05, 0.1) is 0 Å². The molecule has 2 aliphatic rings. The first-order valence-corrected chi connectivity index (χ1v) is 5.34. The van der Waals surface area contributed by atoms with Gasteiger partial charge in [0.1, 0.15) is 0 Å². The van der Waals surface area contributed by atoms with E-state index in [1.807, 2.05) is 0 Å². The molecule has 2 saturated heterocycles. The van der Waals surface area contributed by atoms with Crippen LogP contribution in [-0.2, 0) is 0 Å². The minimum atomic E-state index is 0.833. The molecule has 0 bridgehead atoms.